The van der Waals surface area contributed by atoms with Crippen LogP contribution in [-0.4, -0.2) is 44.0 Å². The fraction of sp³-hybridized carbons (Fsp3) is 0.647. The van der Waals surface area contributed by atoms with Crippen LogP contribution < -0.4 is 0 Å². The highest BCUT2D eigenvalue weighted by Crippen LogP contribution is 2.41. The predicted octanol–water partition coefficient (Wildman–Crippen LogP) is 2.40. The Morgan fingerprint density at radius 3 is 2.70 bits per heavy atom. The summed E-state index contributed by atoms with van der Waals surface area (Å²) in [6, 6.07) is 2.42. The number of fused-ring (bicyclic) bond motifs is 1. The monoisotopic (exact) mass is 332 g/mol. The molecule has 0 amide bonds. The molecule has 4 atom stereocenters. The van der Waals surface area contributed by atoms with E-state index in [2.05, 4.69) is 34.9 Å². The van der Waals surface area contributed by atoms with Crippen LogP contribution in [0.25, 0.3) is 0 Å². The van der Waals surface area contributed by atoms with Gasteiger partial charge in [-0.1, -0.05) is 0 Å². The van der Waals surface area contributed by atoms with Crippen molar-refractivity contribution in [1.29, 1.82) is 0 Å². The van der Waals surface area contributed by atoms with Gasteiger partial charge in [-0.15, -0.1) is 11.3 Å². The van der Waals surface area contributed by atoms with Gasteiger partial charge in [0.1, 0.15) is 12.7 Å². The van der Waals surface area contributed by atoms with E-state index in [1.165, 1.54) is 15.3 Å². The van der Waals surface area contributed by atoms with Gasteiger partial charge in [0.2, 0.25) is 0 Å². The van der Waals surface area contributed by atoms with Gasteiger partial charge < -0.3 is 5.11 Å². The maximum atomic E-state index is 10.5. The molecule has 4 rings (SSSR count). The summed E-state index contributed by atoms with van der Waals surface area (Å²) in [7, 11) is 0. The third-order valence-corrected chi connectivity index (χ3v) is 6.51. The maximum absolute atomic E-state index is 10.5. The average Bonchev–Trinajstić information content (AvgIpc) is 3.19. The number of nitrogens with zero attached hydrogens (tertiary/aromatic N) is 4. The summed E-state index contributed by atoms with van der Waals surface area (Å²) in [5, 5.41) is 14.7. The minimum absolute atomic E-state index is 0.0869. The van der Waals surface area contributed by atoms with Crippen molar-refractivity contribution in [2.24, 2.45) is 11.8 Å². The van der Waals surface area contributed by atoms with Crippen LogP contribution in [0, 0.1) is 25.7 Å². The fourth-order valence-corrected chi connectivity index (χ4v) is 5.33. The first kappa shape index (κ1) is 15.3. The Morgan fingerprint density at radius 2 is 2.04 bits per heavy atom. The number of hydrogen-bond donors (Lipinski definition) is 1. The lowest BCUT2D eigenvalue weighted by Crippen LogP contribution is -2.36. The molecule has 2 aromatic heterocycles. The minimum atomic E-state index is -0.303. The van der Waals surface area contributed by atoms with Crippen molar-refractivity contribution in [2.75, 3.05) is 13.1 Å². The molecule has 1 aliphatic carbocycles. The Morgan fingerprint density at radius 1 is 1.26 bits per heavy atom. The summed E-state index contributed by atoms with van der Waals surface area (Å²) in [5.74, 6) is 1.28. The van der Waals surface area contributed by atoms with Crippen LogP contribution in [0.5, 0.6) is 0 Å². The normalized spacial score (nSPS) is 31.4. The van der Waals surface area contributed by atoms with E-state index in [4.69, 9.17) is 0 Å². The third kappa shape index (κ3) is 2.95. The molecule has 0 radical (unpaired) electrons. The van der Waals surface area contributed by atoms with Crippen molar-refractivity contribution in [1.82, 2.24) is 19.7 Å². The van der Waals surface area contributed by atoms with E-state index in [0.29, 0.717) is 11.8 Å². The Hall–Kier alpha value is -1.24. The molecular formula is C17H24N4OS. The number of rotatable bonds is 3. The van der Waals surface area contributed by atoms with Crippen LogP contribution in [0.1, 0.15) is 34.2 Å². The first-order chi connectivity index (χ1) is 11.1. The zero-order valence-electron chi connectivity index (χ0n) is 13.7. The molecule has 0 spiro atoms. The van der Waals surface area contributed by atoms with Gasteiger partial charge in [-0.05, 0) is 50.2 Å². The number of aryl methyl sites for hydroxylation is 2. The van der Waals surface area contributed by atoms with Gasteiger partial charge in [0.05, 0.1) is 12.1 Å². The summed E-state index contributed by atoms with van der Waals surface area (Å²) >= 11 is 1.89. The number of aliphatic hydroxyl groups is 1. The van der Waals surface area contributed by atoms with Gasteiger partial charge in [0.15, 0.2) is 0 Å². The van der Waals surface area contributed by atoms with Crippen molar-refractivity contribution in [2.45, 2.75) is 45.4 Å². The molecule has 2 aliphatic rings. The molecule has 2 aromatic rings. The summed E-state index contributed by atoms with van der Waals surface area (Å²) in [4.78, 5) is 9.44. The van der Waals surface area contributed by atoms with Crippen LogP contribution in [0.2, 0.25) is 0 Å². The van der Waals surface area contributed by atoms with E-state index in [1.54, 1.807) is 12.7 Å². The molecule has 0 bridgehead atoms. The van der Waals surface area contributed by atoms with Gasteiger partial charge in [0, 0.05) is 29.4 Å². The average molecular weight is 332 g/mol. The summed E-state index contributed by atoms with van der Waals surface area (Å²) in [6.07, 6.45) is 4.88. The second kappa shape index (κ2) is 6.00. The van der Waals surface area contributed by atoms with Crippen LogP contribution in [0.15, 0.2) is 18.7 Å². The molecule has 2 fully saturated rings. The van der Waals surface area contributed by atoms with E-state index in [0.717, 1.165) is 32.5 Å². The van der Waals surface area contributed by atoms with Crippen molar-refractivity contribution in [3.63, 3.8) is 0 Å². The molecule has 0 aromatic carbocycles. The van der Waals surface area contributed by atoms with Gasteiger partial charge in [-0.25, -0.2) is 9.67 Å². The third-order valence-electron chi connectivity index (χ3n) is 5.50. The molecule has 1 saturated heterocycles. The molecule has 0 unspecified atom stereocenters. The zero-order valence-corrected chi connectivity index (χ0v) is 14.5. The topological polar surface area (TPSA) is 54.2 Å². The van der Waals surface area contributed by atoms with E-state index in [9.17, 15) is 5.11 Å². The van der Waals surface area contributed by atoms with E-state index in [1.807, 2.05) is 16.0 Å². The Balaban J connectivity index is 1.44. The number of thiophene rings is 1. The Kier molecular flexibility index (Phi) is 3.99. The first-order valence-corrected chi connectivity index (χ1v) is 9.22. The first-order valence-electron chi connectivity index (χ1n) is 8.40. The number of hydrogen-bond acceptors (Lipinski definition) is 5. The summed E-state index contributed by atoms with van der Waals surface area (Å²) in [6.45, 7) is 7.70. The lowest BCUT2D eigenvalue weighted by atomic mass is 9.77. The maximum Gasteiger partial charge on any atom is 0.137 e. The van der Waals surface area contributed by atoms with Gasteiger partial charge in [0.25, 0.3) is 0 Å². The fourth-order valence-electron chi connectivity index (χ4n) is 4.39. The number of aromatic nitrogens is 3. The van der Waals surface area contributed by atoms with Crippen LogP contribution >= 0.6 is 11.3 Å². The summed E-state index contributed by atoms with van der Waals surface area (Å²) < 4.78 is 1.84. The smallest absolute Gasteiger partial charge is 0.137 e. The Labute approximate surface area is 141 Å². The van der Waals surface area contributed by atoms with Crippen molar-refractivity contribution in [3.05, 3.63) is 34.0 Å². The van der Waals surface area contributed by atoms with E-state index < -0.39 is 0 Å². The van der Waals surface area contributed by atoms with Crippen molar-refractivity contribution in [3.8, 4) is 0 Å². The molecule has 23 heavy (non-hydrogen) atoms. The quantitative estimate of drug-likeness (QED) is 0.938. The van der Waals surface area contributed by atoms with Crippen molar-refractivity contribution < 1.29 is 5.11 Å². The van der Waals surface area contributed by atoms with Crippen molar-refractivity contribution >= 4 is 11.3 Å². The van der Waals surface area contributed by atoms with Gasteiger partial charge in [-0.3, -0.25) is 4.90 Å². The molecule has 1 N–H and O–H groups in total. The second-order valence-corrected chi connectivity index (χ2v) is 8.59. The highest BCUT2D eigenvalue weighted by Gasteiger charge is 2.42. The number of likely N-dealkylation sites (tertiary alicyclic amines) is 1. The van der Waals surface area contributed by atoms with Crippen LogP contribution in [0.3, 0.4) is 0 Å². The highest BCUT2D eigenvalue weighted by atomic mass is 32.1. The number of aliphatic hydroxyl groups excluding tert-OH is 1. The molecule has 5 nitrogen and oxygen atoms in total. The van der Waals surface area contributed by atoms with Crippen LogP contribution in [-0.2, 0) is 6.54 Å². The largest absolute Gasteiger partial charge is 0.391 e. The van der Waals surface area contributed by atoms with Crippen LogP contribution in [0.4, 0.5) is 0 Å². The minimum Gasteiger partial charge on any atom is -0.391 e. The summed E-state index contributed by atoms with van der Waals surface area (Å²) in [5.41, 5.74) is 1.47. The molecule has 1 aliphatic heterocycles. The molecular weight excluding hydrogens is 308 g/mol. The van der Waals surface area contributed by atoms with E-state index in [-0.39, 0.29) is 12.1 Å². The molecule has 3 heterocycles. The SMILES string of the molecule is Cc1cc(CN2C[C@H]3C[C@@H](n4cncn4)[C@H](O)C[C@H]3C2)c(C)s1. The molecule has 6 heteroatoms. The molecule has 124 valence electrons. The Bertz CT molecular complexity index is 668. The van der Waals surface area contributed by atoms with E-state index >= 15 is 0 Å². The lowest BCUT2D eigenvalue weighted by Gasteiger charge is -2.35. The van der Waals surface area contributed by atoms with Gasteiger partial charge in [-0.2, -0.15) is 5.10 Å². The molecule has 1 saturated carbocycles. The zero-order chi connectivity index (χ0) is 16.0. The lowest BCUT2D eigenvalue weighted by molar-refractivity contribution is 0.0304. The second-order valence-electron chi connectivity index (χ2n) is 7.13. The standard InChI is InChI=1S/C17H24N4OS/c1-11-3-13(12(2)23-11)6-20-7-14-4-16(21-10-18-9-19-21)17(22)5-15(14)8-20/h3,9-10,14-17,22H,4-8H2,1-2H3/t14-,15+,16-,17-/m1/s1. The predicted molar refractivity (Wildman–Crippen MR) is 90.3 cm³/mol. The van der Waals surface area contributed by atoms with Gasteiger partial charge >= 0.3 is 0 Å². The highest BCUT2D eigenvalue weighted by molar-refractivity contribution is 7.12.